The van der Waals surface area contributed by atoms with E-state index >= 15 is 0 Å². The lowest BCUT2D eigenvalue weighted by atomic mass is 9.85. The van der Waals surface area contributed by atoms with Crippen molar-refractivity contribution in [2.45, 2.75) is 63.3 Å². The normalized spacial score (nSPS) is 32.8. The SMILES string of the molecule is CN(CC1CCCC1O)C(=O)NC1CCCC(C(F)(F)F)C1. The van der Waals surface area contributed by atoms with Crippen LogP contribution in [0.1, 0.15) is 44.9 Å². The zero-order chi connectivity index (χ0) is 16.3. The molecule has 0 spiro atoms. The lowest BCUT2D eigenvalue weighted by molar-refractivity contribution is -0.183. The molecular formula is C15H25F3N2O2. The van der Waals surface area contributed by atoms with E-state index in [0.717, 1.165) is 19.3 Å². The standard InChI is InChI=1S/C15H25F3N2O2/c1-20(9-10-4-2-7-13(10)21)14(22)19-12-6-3-5-11(8-12)15(16,17)18/h10-13,21H,2-9H2,1H3,(H,19,22). The third kappa shape index (κ3) is 4.51. The predicted molar refractivity (Wildman–Crippen MR) is 76.3 cm³/mol. The Kier molecular flexibility index (Phi) is 5.58. The van der Waals surface area contributed by atoms with Crippen molar-refractivity contribution in [3.63, 3.8) is 0 Å². The molecule has 0 aromatic rings. The molecule has 2 N–H and O–H groups in total. The Morgan fingerprint density at radius 2 is 1.91 bits per heavy atom. The fraction of sp³-hybridized carbons (Fsp3) is 0.933. The molecule has 2 rings (SSSR count). The molecule has 7 heteroatoms. The van der Waals surface area contributed by atoms with Gasteiger partial charge in [-0.15, -0.1) is 0 Å². The number of carbonyl (C=O) groups excluding carboxylic acids is 1. The third-order valence-corrected chi connectivity index (χ3v) is 4.94. The fourth-order valence-electron chi connectivity index (χ4n) is 3.57. The monoisotopic (exact) mass is 322 g/mol. The summed E-state index contributed by atoms with van der Waals surface area (Å²) in [5.41, 5.74) is 0. The first-order chi connectivity index (χ1) is 10.3. The van der Waals surface area contributed by atoms with Crippen molar-refractivity contribution in [3.8, 4) is 0 Å². The van der Waals surface area contributed by atoms with Crippen molar-refractivity contribution < 1.29 is 23.1 Å². The van der Waals surface area contributed by atoms with Gasteiger partial charge in [0.05, 0.1) is 12.0 Å². The van der Waals surface area contributed by atoms with Crippen LogP contribution in [0.4, 0.5) is 18.0 Å². The highest BCUT2D eigenvalue weighted by atomic mass is 19.4. The summed E-state index contributed by atoms with van der Waals surface area (Å²) in [5.74, 6) is -1.24. The molecule has 0 heterocycles. The van der Waals surface area contributed by atoms with E-state index in [0.29, 0.717) is 19.4 Å². The van der Waals surface area contributed by atoms with Crippen LogP contribution in [0.25, 0.3) is 0 Å². The number of hydrogen-bond donors (Lipinski definition) is 2. The second-order valence-corrected chi connectivity index (χ2v) is 6.69. The average molecular weight is 322 g/mol. The molecule has 2 aliphatic carbocycles. The summed E-state index contributed by atoms with van der Waals surface area (Å²) in [6.07, 6.45) is -0.748. The number of carbonyl (C=O) groups is 1. The van der Waals surface area contributed by atoms with E-state index in [1.807, 2.05) is 0 Å². The molecule has 0 aromatic heterocycles. The average Bonchev–Trinajstić information content (AvgIpc) is 2.83. The first-order valence-corrected chi connectivity index (χ1v) is 8.03. The second kappa shape index (κ2) is 7.06. The van der Waals surface area contributed by atoms with Gasteiger partial charge in [-0.3, -0.25) is 0 Å². The zero-order valence-corrected chi connectivity index (χ0v) is 12.9. The number of nitrogens with one attached hydrogen (secondary N) is 1. The molecule has 0 aliphatic heterocycles. The molecule has 0 bridgehead atoms. The summed E-state index contributed by atoms with van der Waals surface area (Å²) < 4.78 is 38.3. The van der Waals surface area contributed by atoms with Gasteiger partial charge < -0.3 is 15.3 Å². The number of alkyl halides is 3. The number of urea groups is 1. The molecule has 4 atom stereocenters. The summed E-state index contributed by atoms with van der Waals surface area (Å²) >= 11 is 0. The molecule has 22 heavy (non-hydrogen) atoms. The lowest BCUT2D eigenvalue weighted by Crippen LogP contribution is -2.47. The van der Waals surface area contributed by atoms with Gasteiger partial charge in [0.25, 0.3) is 0 Å². The highest BCUT2D eigenvalue weighted by Crippen LogP contribution is 2.37. The van der Waals surface area contributed by atoms with Gasteiger partial charge in [0, 0.05) is 25.6 Å². The number of halogens is 3. The van der Waals surface area contributed by atoms with E-state index in [1.165, 1.54) is 4.90 Å². The highest BCUT2D eigenvalue weighted by Gasteiger charge is 2.42. The Morgan fingerprint density at radius 1 is 1.23 bits per heavy atom. The first kappa shape index (κ1) is 17.4. The minimum atomic E-state index is -4.18. The fourth-order valence-corrected chi connectivity index (χ4v) is 3.57. The molecule has 2 saturated carbocycles. The van der Waals surface area contributed by atoms with E-state index in [1.54, 1.807) is 7.05 Å². The van der Waals surface area contributed by atoms with Crippen LogP contribution in [0, 0.1) is 11.8 Å². The van der Waals surface area contributed by atoms with Gasteiger partial charge in [-0.25, -0.2) is 4.79 Å². The smallest absolute Gasteiger partial charge is 0.391 e. The number of aliphatic hydroxyl groups excluding tert-OH is 1. The Hall–Kier alpha value is -0.980. The minimum Gasteiger partial charge on any atom is -0.393 e. The topological polar surface area (TPSA) is 52.6 Å². The van der Waals surface area contributed by atoms with E-state index in [-0.39, 0.29) is 30.9 Å². The highest BCUT2D eigenvalue weighted by molar-refractivity contribution is 5.74. The summed E-state index contributed by atoms with van der Waals surface area (Å²) in [5, 5.41) is 12.5. The molecule has 4 nitrogen and oxygen atoms in total. The Bertz CT molecular complexity index is 389. The maximum Gasteiger partial charge on any atom is 0.391 e. The van der Waals surface area contributed by atoms with Crippen LogP contribution in [0.2, 0.25) is 0 Å². The van der Waals surface area contributed by atoms with Gasteiger partial charge in [0.2, 0.25) is 0 Å². The Labute approximate surface area is 129 Å². The summed E-state index contributed by atoms with van der Waals surface area (Å²) in [7, 11) is 1.63. The first-order valence-electron chi connectivity index (χ1n) is 8.03. The van der Waals surface area contributed by atoms with Crippen LogP contribution in [0.15, 0.2) is 0 Å². The van der Waals surface area contributed by atoms with Gasteiger partial charge >= 0.3 is 12.2 Å². The summed E-state index contributed by atoms with van der Waals surface area (Å²) in [4.78, 5) is 13.6. The third-order valence-electron chi connectivity index (χ3n) is 4.94. The molecule has 0 saturated heterocycles. The number of nitrogens with zero attached hydrogens (tertiary/aromatic N) is 1. The molecule has 2 amide bonds. The van der Waals surface area contributed by atoms with Crippen molar-refractivity contribution in [1.29, 1.82) is 0 Å². The largest absolute Gasteiger partial charge is 0.393 e. The van der Waals surface area contributed by atoms with Crippen LogP contribution < -0.4 is 5.32 Å². The van der Waals surface area contributed by atoms with Crippen LogP contribution >= 0.6 is 0 Å². The van der Waals surface area contributed by atoms with Gasteiger partial charge in [-0.1, -0.05) is 12.8 Å². The number of rotatable bonds is 3. The summed E-state index contributed by atoms with van der Waals surface area (Å²) in [6.45, 7) is 0.447. The molecule has 4 unspecified atom stereocenters. The summed E-state index contributed by atoms with van der Waals surface area (Å²) in [6, 6.07) is -0.754. The number of aliphatic hydroxyl groups is 1. The molecule has 0 radical (unpaired) electrons. The van der Waals surface area contributed by atoms with Crippen molar-refractivity contribution >= 4 is 6.03 Å². The maximum atomic E-state index is 12.8. The zero-order valence-electron chi connectivity index (χ0n) is 12.9. The van der Waals surface area contributed by atoms with Gasteiger partial charge in [0.15, 0.2) is 0 Å². The van der Waals surface area contributed by atoms with Crippen molar-refractivity contribution in [2.75, 3.05) is 13.6 Å². The van der Waals surface area contributed by atoms with Crippen LogP contribution in [0.5, 0.6) is 0 Å². The number of amides is 2. The second-order valence-electron chi connectivity index (χ2n) is 6.69. The maximum absolute atomic E-state index is 12.8. The van der Waals surface area contributed by atoms with Gasteiger partial charge in [0.1, 0.15) is 0 Å². The molecule has 128 valence electrons. The van der Waals surface area contributed by atoms with E-state index in [9.17, 15) is 23.1 Å². The Morgan fingerprint density at radius 3 is 2.50 bits per heavy atom. The van der Waals surface area contributed by atoms with E-state index < -0.39 is 18.1 Å². The minimum absolute atomic E-state index is 0.0326. The van der Waals surface area contributed by atoms with Gasteiger partial charge in [-0.2, -0.15) is 13.2 Å². The predicted octanol–water partition coefficient (Wildman–Crippen LogP) is 2.91. The van der Waals surface area contributed by atoms with Crippen molar-refractivity contribution in [1.82, 2.24) is 10.2 Å². The van der Waals surface area contributed by atoms with E-state index in [4.69, 9.17) is 0 Å². The quantitative estimate of drug-likeness (QED) is 0.839. The van der Waals surface area contributed by atoms with Crippen molar-refractivity contribution in [3.05, 3.63) is 0 Å². The van der Waals surface area contributed by atoms with Crippen LogP contribution in [0.3, 0.4) is 0 Å². The van der Waals surface area contributed by atoms with Gasteiger partial charge in [-0.05, 0) is 32.1 Å². The Balaban J connectivity index is 1.80. The van der Waals surface area contributed by atoms with Crippen molar-refractivity contribution in [2.24, 2.45) is 11.8 Å². The molecule has 2 aliphatic rings. The molecule has 2 fully saturated rings. The molecule has 0 aromatic carbocycles. The van der Waals surface area contributed by atoms with E-state index in [2.05, 4.69) is 5.32 Å². The van der Waals surface area contributed by atoms with Crippen LogP contribution in [-0.4, -0.2) is 48.0 Å². The van der Waals surface area contributed by atoms with Crippen LogP contribution in [-0.2, 0) is 0 Å². The molecular weight excluding hydrogens is 297 g/mol. The number of hydrogen-bond acceptors (Lipinski definition) is 2. The lowest BCUT2D eigenvalue weighted by Gasteiger charge is -2.32.